The van der Waals surface area contributed by atoms with Crippen LogP contribution in [-0.2, 0) is 14.3 Å². The molecule has 0 aromatic carbocycles. The van der Waals surface area contributed by atoms with Crippen molar-refractivity contribution in [2.45, 2.75) is 13.8 Å². The number of ether oxygens (including phenoxy) is 1. The maximum absolute atomic E-state index is 10.9. The minimum absolute atomic E-state index is 0.139. The molecule has 1 N–H and O–H groups in total. The second-order valence-corrected chi connectivity index (χ2v) is 2.43. The minimum atomic E-state index is -0.269. The standard InChI is InChI=1S/C9H15NO3/c1-3-13-7-6-10-9(12)5-4-8(2)11/h4-5H,3,6-7H2,1-2H3,(H,10,12)/b5-4-. The van der Waals surface area contributed by atoms with E-state index in [0.29, 0.717) is 19.8 Å². The molecule has 0 aromatic rings. The van der Waals surface area contributed by atoms with E-state index in [2.05, 4.69) is 5.32 Å². The molecular formula is C9H15NO3. The molecule has 0 spiro atoms. The van der Waals surface area contributed by atoms with Crippen LogP contribution in [0, 0.1) is 0 Å². The summed E-state index contributed by atoms with van der Waals surface area (Å²) in [5.74, 6) is -0.408. The lowest BCUT2D eigenvalue weighted by Gasteiger charge is -2.01. The number of hydrogen-bond acceptors (Lipinski definition) is 3. The van der Waals surface area contributed by atoms with Crippen LogP contribution >= 0.6 is 0 Å². The largest absolute Gasteiger partial charge is 0.380 e. The third-order valence-electron chi connectivity index (χ3n) is 1.22. The van der Waals surface area contributed by atoms with Gasteiger partial charge in [-0.25, -0.2) is 0 Å². The summed E-state index contributed by atoms with van der Waals surface area (Å²) in [4.78, 5) is 21.3. The van der Waals surface area contributed by atoms with Crippen LogP contribution in [0.25, 0.3) is 0 Å². The first kappa shape index (κ1) is 11.8. The second-order valence-electron chi connectivity index (χ2n) is 2.43. The summed E-state index contributed by atoms with van der Waals surface area (Å²) in [6.07, 6.45) is 2.45. The molecule has 0 unspecified atom stereocenters. The molecule has 4 heteroatoms. The fraction of sp³-hybridized carbons (Fsp3) is 0.556. The Labute approximate surface area is 78.0 Å². The van der Waals surface area contributed by atoms with Crippen molar-refractivity contribution < 1.29 is 14.3 Å². The fourth-order valence-electron chi connectivity index (χ4n) is 0.643. The van der Waals surface area contributed by atoms with Gasteiger partial charge in [-0.3, -0.25) is 9.59 Å². The van der Waals surface area contributed by atoms with E-state index in [4.69, 9.17) is 4.74 Å². The quantitative estimate of drug-likeness (QED) is 0.478. The van der Waals surface area contributed by atoms with Crippen LogP contribution in [0.4, 0.5) is 0 Å². The normalized spacial score (nSPS) is 10.3. The number of carbonyl (C=O) groups is 2. The lowest BCUT2D eigenvalue weighted by atomic mass is 10.4. The van der Waals surface area contributed by atoms with Crippen molar-refractivity contribution in [3.8, 4) is 0 Å². The molecular weight excluding hydrogens is 170 g/mol. The zero-order valence-corrected chi connectivity index (χ0v) is 8.00. The van der Waals surface area contributed by atoms with Gasteiger partial charge in [0.2, 0.25) is 5.91 Å². The van der Waals surface area contributed by atoms with Crippen molar-refractivity contribution in [3.05, 3.63) is 12.2 Å². The van der Waals surface area contributed by atoms with Gasteiger partial charge in [0.1, 0.15) is 0 Å². The molecule has 0 bridgehead atoms. The Kier molecular flexibility index (Phi) is 6.82. The summed E-state index contributed by atoms with van der Waals surface area (Å²) in [6, 6.07) is 0. The van der Waals surface area contributed by atoms with Gasteiger partial charge in [0.15, 0.2) is 5.78 Å². The van der Waals surface area contributed by atoms with Gasteiger partial charge in [0, 0.05) is 19.2 Å². The van der Waals surface area contributed by atoms with Crippen LogP contribution in [0.2, 0.25) is 0 Å². The van der Waals surface area contributed by atoms with Gasteiger partial charge in [-0.1, -0.05) is 0 Å². The Balaban J connectivity index is 3.46. The smallest absolute Gasteiger partial charge is 0.244 e. The van der Waals surface area contributed by atoms with Crippen LogP contribution in [0.5, 0.6) is 0 Å². The average Bonchev–Trinajstić information content (AvgIpc) is 2.09. The maximum Gasteiger partial charge on any atom is 0.244 e. The Morgan fingerprint density at radius 3 is 2.62 bits per heavy atom. The van der Waals surface area contributed by atoms with Crippen LogP contribution < -0.4 is 5.32 Å². The predicted octanol–water partition coefficient (Wildman–Crippen LogP) is 0.284. The van der Waals surface area contributed by atoms with Gasteiger partial charge >= 0.3 is 0 Å². The van der Waals surface area contributed by atoms with E-state index < -0.39 is 0 Å². The lowest BCUT2D eigenvalue weighted by molar-refractivity contribution is -0.117. The number of carbonyl (C=O) groups excluding carboxylic acids is 2. The van der Waals surface area contributed by atoms with Crippen LogP contribution in [0.1, 0.15) is 13.8 Å². The molecule has 0 radical (unpaired) electrons. The third-order valence-corrected chi connectivity index (χ3v) is 1.22. The molecule has 0 fully saturated rings. The van der Waals surface area contributed by atoms with E-state index in [-0.39, 0.29) is 11.7 Å². The van der Waals surface area contributed by atoms with Crippen molar-refractivity contribution >= 4 is 11.7 Å². The number of hydrogen-bond donors (Lipinski definition) is 1. The SMILES string of the molecule is CCOCCNC(=O)/C=C\C(C)=O. The average molecular weight is 185 g/mol. The van der Waals surface area contributed by atoms with Gasteiger partial charge in [-0.15, -0.1) is 0 Å². The molecule has 0 saturated carbocycles. The highest BCUT2D eigenvalue weighted by Crippen LogP contribution is 1.76. The van der Waals surface area contributed by atoms with Gasteiger partial charge in [-0.05, 0) is 19.9 Å². The van der Waals surface area contributed by atoms with E-state index >= 15 is 0 Å². The molecule has 0 heterocycles. The second kappa shape index (κ2) is 7.49. The van der Waals surface area contributed by atoms with E-state index in [9.17, 15) is 9.59 Å². The topological polar surface area (TPSA) is 55.4 Å². The first-order chi connectivity index (χ1) is 6.16. The van der Waals surface area contributed by atoms with Gasteiger partial charge in [0.25, 0.3) is 0 Å². The summed E-state index contributed by atoms with van der Waals surface area (Å²) in [5, 5.41) is 2.57. The Morgan fingerprint density at radius 1 is 1.38 bits per heavy atom. The summed E-state index contributed by atoms with van der Waals surface area (Å²) >= 11 is 0. The van der Waals surface area contributed by atoms with Crippen LogP contribution in [0.15, 0.2) is 12.2 Å². The third kappa shape index (κ3) is 8.75. The molecule has 0 aliphatic rings. The molecule has 0 aliphatic carbocycles. The Morgan fingerprint density at radius 2 is 2.08 bits per heavy atom. The highest BCUT2D eigenvalue weighted by Gasteiger charge is 1.93. The highest BCUT2D eigenvalue weighted by molar-refractivity contribution is 5.96. The molecule has 1 amide bonds. The molecule has 0 saturated heterocycles. The molecule has 4 nitrogen and oxygen atoms in total. The van der Waals surface area contributed by atoms with Gasteiger partial charge < -0.3 is 10.1 Å². The van der Waals surface area contributed by atoms with Crippen molar-refractivity contribution in [3.63, 3.8) is 0 Å². The van der Waals surface area contributed by atoms with E-state index in [1.165, 1.54) is 19.1 Å². The van der Waals surface area contributed by atoms with Crippen LogP contribution in [-0.4, -0.2) is 31.4 Å². The summed E-state index contributed by atoms with van der Waals surface area (Å²) in [7, 11) is 0. The fourth-order valence-corrected chi connectivity index (χ4v) is 0.643. The zero-order valence-electron chi connectivity index (χ0n) is 8.00. The van der Waals surface area contributed by atoms with Crippen molar-refractivity contribution in [1.82, 2.24) is 5.32 Å². The molecule has 0 aliphatic heterocycles. The summed E-state index contributed by atoms with van der Waals surface area (Å²) < 4.78 is 5.00. The maximum atomic E-state index is 10.9. The highest BCUT2D eigenvalue weighted by atomic mass is 16.5. The first-order valence-electron chi connectivity index (χ1n) is 4.21. The molecule has 0 aromatic heterocycles. The zero-order chi connectivity index (χ0) is 10.1. The number of ketones is 1. The van der Waals surface area contributed by atoms with E-state index in [1.807, 2.05) is 6.92 Å². The number of nitrogens with one attached hydrogen (secondary N) is 1. The number of amides is 1. The number of allylic oxidation sites excluding steroid dienone is 1. The number of rotatable bonds is 6. The van der Waals surface area contributed by atoms with Gasteiger partial charge in [-0.2, -0.15) is 0 Å². The minimum Gasteiger partial charge on any atom is -0.380 e. The predicted molar refractivity (Wildman–Crippen MR) is 49.3 cm³/mol. The lowest BCUT2D eigenvalue weighted by Crippen LogP contribution is -2.25. The van der Waals surface area contributed by atoms with E-state index in [0.717, 1.165) is 0 Å². The first-order valence-corrected chi connectivity index (χ1v) is 4.21. The Hall–Kier alpha value is -1.16. The van der Waals surface area contributed by atoms with Crippen molar-refractivity contribution in [2.24, 2.45) is 0 Å². The monoisotopic (exact) mass is 185 g/mol. The van der Waals surface area contributed by atoms with E-state index in [1.54, 1.807) is 0 Å². The van der Waals surface area contributed by atoms with Crippen LogP contribution in [0.3, 0.4) is 0 Å². The Bertz CT molecular complexity index is 199. The molecule has 0 atom stereocenters. The summed E-state index contributed by atoms with van der Waals surface area (Å²) in [6.45, 7) is 4.88. The summed E-state index contributed by atoms with van der Waals surface area (Å²) in [5.41, 5.74) is 0. The van der Waals surface area contributed by atoms with Crippen molar-refractivity contribution in [2.75, 3.05) is 19.8 Å². The van der Waals surface area contributed by atoms with Crippen molar-refractivity contribution in [1.29, 1.82) is 0 Å². The molecule has 74 valence electrons. The van der Waals surface area contributed by atoms with Gasteiger partial charge in [0.05, 0.1) is 6.61 Å². The molecule has 0 rings (SSSR count). The molecule has 13 heavy (non-hydrogen) atoms.